The standard InChI is InChI=1S/C18H23N3O4S/c1-21-17(6-9-19-21)26(22,23)20-13-18(7-2-3-8-18)14-4-5-15-16(12-14)25-11-10-24-15/h4-6,9,12,20H,2-3,7-8,10-11,13H2,1H3. The van der Waals surface area contributed by atoms with E-state index >= 15 is 0 Å². The van der Waals surface area contributed by atoms with Gasteiger partial charge in [0, 0.05) is 19.0 Å². The zero-order chi connectivity index (χ0) is 18.2. The first-order chi connectivity index (χ1) is 12.5. The molecule has 0 saturated heterocycles. The molecule has 0 unspecified atom stereocenters. The van der Waals surface area contributed by atoms with Crippen LogP contribution in [0.3, 0.4) is 0 Å². The molecule has 0 atom stereocenters. The monoisotopic (exact) mass is 377 g/mol. The SMILES string of the molecule is Cn1nccc1S(=O)(=O)NCC1(c2ccc3c(c2)OCCO3)CCCC1. The van der Waals surface area contributed by atoms with Gasteiger partial charge >= 0.3 is 0 Å². The Kier molecular flexibility index (Phi) is 4.40. The van der Waals surface area contributed by atoms with E-state index in [1.807, 2.05) is 18.2 Å². The summed E-state index contributed by atoms with van der Waals surface area (Å²) >= 11 is 0. The molecule has 0 amide bonds. The van der Waals surface area contributed by atoms with Crippen molar-refractivity contribution in [2.45, 2.75) is 36.1 Å². The van der Waals surface area contributed by atoms with Crippen LogP contribution in [-0.4, -0.2) is 38.0 Å². The van der Waals surface area contributed by atoms with Crippen molar-refractivity contribution in [1.82, 2.24) is 14.5 Å². The first kappa shape index (κ1) is 17.4. The predicted octanol–water partition coefficient (Wildman–Crippen LogP) is 1.98. The van der Waals surface area contributed by atoms with E-state index in [1.54, 1.807) is 7.05 Å². The number of aryl methyl sites for hydroxylation is 1. The summed E-state index contributed by atoms with van der Waals surface area (Å²) in [5.41, 5.74) is 0.883. The molecular weight excluding hydrogens is 354 g/mol. The Morgan fingerprint density at radius 2 is 1.88 bits per heavy atom. The highest BCUT2D eigenvalue weighted by Crippen LogP contribution is 2.44. The van der Waals surface area contributed by atoms with Gasteiger partial charge in [0.05, 0.1) is 6.20 Å². The third-order valence-corrected chi connectivity index (χ3v) is 6.84. The van der Waals surface area contributed by atoms with Crippen LogP contribution in [0, 0.1) is 0 Å². The van der Waals surface area contributed by atoms with Crippen molar-refractivity contribution >= 4 is 10.0 Å². The maximum atomic E-state index is 12.7. The van der Waals surface area contributed by atoms with E-state index in [4.69, 9.17) is 9.47 Å². The molecule has 1 aromatic heterocycles. The zero-order valence-corrected chi connectivity index (χ0v) is 15.6. The molecule has 140 valence electrons. The molecule has 8 heteroatoms. The van der Waals surface area contributed by atoms with Crippen molar-refractivity contribution in [3.8, 4) is 11.5 Å². The summed E-state index contributed by atoms with van der Waals surface area (Å²) in [7, 11) is -1.98. The smallest absolute Gasteiger partial charge is 0.257 e. The minimum absolute atomic E-state index is 0.174. The molecule has 0 bridgehead atoms. The summed E-state index contributed by atoms with van der Waals surface area (Å²) in [6.45, 7) is 1.46. The second-order valence-electron chi connectivity index (χ2n) is 6.96. The molecule has 0 radical (unpaired) electrons. The van der Waals surface area contributed by atoms with Crippen molar-refractivity contribution in [3.63, 3.8) is 0 Å². The Balaban J connectivity index is 1.60. The summed E-state index contributed by atoms with van der Waals surface area (Å²) in [6.07, 6.45) is 5.55. The van der Waals surface area contributed by atoms with Crippen LogP contribution in [0.4, 0.5) is 0 Å². The molecular formula is C18H23N3O4S. The highest BCUT2D eigenvalue weighted by atomic mass is 32.2. The maximum Gasteiger partial charge on any atom is 0.257 e. The second kappa shape index (κ2) is 6.59. The molecule has 2 aromatic rings. The minimum Gasteiger partial charge on any atom is -0.486 e. The van der Waals surface area contributed by atoms with Crippen molar-refractivity contribution < 1.29 is 17.9 Å². The van der Waals surface area contributed by atoms with E-state index in [-0.39, 0.29) is 10.4 Å². The molecule has 1 aliphatic heterocycles. The van der Waals surface area contributed by atoms with Gasteiger partial charge in [0.15, 0.2) is 16.5 Å². The van der Waals surface area contributed by atoms with Gasteiger partial charge in [-0.2, -0.15) is 5.10 Å². The Hall–Kier alpha value is -2.06. The van der Waals surface area contributed by atoms with Gasteiger partial charge in [0.1, 0.15) is 13.2 Å². The lowest BCUT2D eigenvalue weighted by molar-refractivity contribution is 0.171. The number of benzene rings is 1. The molecule has 4 rings (SSSR count). The van der Waals surface area contributed by atoms with Crippen LogP contribution in [0.1, 0.15) is 31.2 Å². The Bertz CT molecular complexity index is 901. The topological polar surface area (TPSA) is 82.5 Å². The Morgan fingerprint density at radius 1 is 1.15 bits per heavy atom. The highest BCUT2D eigenvalue weighted by Gasteiger charge is 2.38. The first-order valence-electron chi connectivity index (χ1n) is 8.88. The number of hydrogen-bond donors (Lipinski definition) is 1. The Labute approximate surface area is 153 Å². The van der Waals surface area contributed by atoms with Crippen LogP contribution < -0.4 is 14.2 Å². The fourth-order valence-corrected chi connectivity index (χ4v) is 5.17. The molecule has 1 fully saturated rings. The largest absolute Gasteiger partial charge is 0.486 e. The van der Waals surface area contributed by atoms with Crippen molar-refractivity contribution in [3.05, 3.63) is 36.0 Å². The summed E-state index contributed by atoms with van der Waals surface area (Å²) < 4.78 is 40.8. The summed E-state index contributed by atoms with van der Waals surface area (Å²) in [5, 5.41) is 4.13. The quantitative estimate of drug-likeness (QED) is 0.862. The molecule has 1 aromatic carbocycles. The summed E-state index contributed by atoms with van der Waals surface area (Å²) in [6, 6.07) is 7.49. The van der Waals surface area contributed by atoms with Crippen LogP contribution in [0.5, 0.6) is 11.5 Å². The van der Waals surface area contributed by atoms with Crippen LogP contribution in [0.25, 0.3) is 0 Å². The number of fused-ring (bicyclic) bond motifs is 1. The molecule has 1 aliphatic carbocycles. The van der Waals surface area contributed by atoms with E-state index in [0.29, 0.717) is 19.8 Å². The van der Waals surface area contributed by atoms with Gasteiger partial charge in [-0.3, -0.25) is 4.68 Å². The lowest BCUT2D eigenvalue weighted by atomic mass is 9.79. The van der Waals surface area contributed by atoms with E-state index in [9.17, 15) is 8.42 Å². The van der Waals surface area contributed by atoms with Crippen LogP contribution in [0.2, 0.25) is 0 Å². The third kappa shape index (κ3) is 3.07. The first-order valence-corrected chi connectivity index (χ1v) is 10.4. The minimum atomic E-state index is -3.60. The second-order valence-corrected chi connectivity index (χ2v) is 8.68. The van der Waals surface area contributed by atoms with Gasteiger partial charge in [-0.1, -0.05) is 18.9 Å². The van der Waals surface area contributed by atoms with Crippen LogP contribution in [0.15, 0.2) is 35.5 Å². The van der Waals surface area contributed by atoms with Gasteiger partial charge in [-0.05, 0) is 36.6 Å². The van der Waals surface area contributed by atoms with E-state index < -0.39 is 10.0 Å². The van der Waals surface area contributed by atoms with Gasteiger partial charge in [0.25, 0.3) is 10.0 Å². The maximum absolute atomic E-state index is 12.7. The molecule has 2 aliphatic rings. The number of ether oxygens (including phenoxy) is 2. The number of rotatable bonds is 5. The van der Waals surface area contributed by atoms with E-state index in [1.165, 1.54) is 16.9 Å². The average Bonchev–Trinajstić information content (AvgIpc) is 3.30. The molecule has 0 spiro atoms. The normalized spacial score (nSPS) is 18.8. The van der Waals surface area contributed by atoms with Crippen molar-refractivity contribution in [2.24, 2.45) is 7.05 Å². The number of nitrogens with zero attached hydrogens (tertiary/aromatic N) is 2. The van der Waals surface area contributed by atoms with E-state index in [0.717, 1.165) is 42.7 Å². The molecule has 7 nitrogen and oxygen atoms in total. The third-order valence-electron chi connectivity index (χ3n) is 5.37. The van der Waals surface area contributed by atoms with Gasteiger partial charge < -0.3 is 9.47 Å². The average molecular weight is 377 g/mol. The lowest BCUT2D eigenvalue weighted by Gasteiger charge is -2.31. The zero-order valence-electron chi connectivity index (χ0n) is 14.8. The Morgan fingerprint density at radius 3 is 2.58 bits per heavy atom. The number of sulfonamides is 1. The van der Waals surface area contributed by atoms with Crippen LogP contribution in [-0.2, 0) is 22.5 Å². The van der Waals surface area contributed by atoms with E-state index in [2.05, 4.69) is 9.82 Å². The predicted molar refractivity (Wildman–Crippen MR) is 96.0 cm³/mol. The highest BCUT2D eigenvalue weighted by molar-refractivity contribution is 7.89. The van der Waals surface area contributed by atoms with Crippen molar-refractivity contribution in [1.29, 1.82) is 0 Å². The summed E-state index contributed by atoms with van der Waals surface area (Å²) in [4.78, 5) is 0. The number of nitrogens with one attached hydrogen (secondary N) is 1. The molecule has 26 heavy (non-hydrogen) atoms. The summed E-state index contributed by atoms with van der Waals surface area (Å²) in [5.74, 6) is 1.50. The van der Waals surface area contributed by atoms with Crippen LogP contribution >= 0.6 is 0 Å². The fourth-order valence-electron chi connectivity index (χ4n) is 3.92. The number of aromatic nitrogens is 2. The lowest BCUT2D eigenvalue weighted by Crippen LogP contribution is -2.39. The molecule has 1 saturated carbocycles. The van der Waals surface area contributed by atoms with Gasteiger partial charge in [0.2, 0.25) is 0 Å². The van der Waals surface area contributed by atoms with Gasteiger partial charge in [-0.15, -0.1) is 0 Å². The number of hydrogen-bond acceptors (Lipinski definition) is 5. The fraction of sp³-hybridized carbons (Fsp3) is 0.500. The van der Waals surface area contributed by atoms with Crippen molar-refractivity contribution in [2.75, 3.05) is 19.8 Å². The van der Waals surface area contributed by atoms with Gasteiger partial charge in [-0.25, -0.2) is 13.1 Å². The molecule has 1 N–H and O–H groups in total. The molecule has 2 heterocycles.